The van der Waals surface area contributed by atoms with Gasteiger partial charge in [-0.05, 0) is 44.3 Å². The molecule has 1 N–H and O–H groups in total. The van der Waals surface area contributed by atoms with Gasteiger partial charge in [0.1, 0.15) is 0 Å². The van der Waals surface area contributed by atoms with Crippen LogP contribution in [-0.4, -0.2) is 31.6 Å². The van der Waals surface area contributed by atoms with Crippen molar-refractivity contribution in [2.24, 2.45) is 0 Å². The van der Waals surface area contributed by atoms with E-state index in [2.05, 4.69) is 17.1 Å². The first kappa shape index (κ1) is 18.0. The van der Waals surface area contributed by atoms with Gasteiger partial charge in [0.05, 0.1) is 5.56 Å². The third-order valence-electron chi connectivity index (χ3n) is 3.45. The van der Waals surface area contributed by atoms with Crippen LogP contribution in [0, 0.1) is 0 Å². The maximum Gasteiger partial charge on any atom is 0.416 e. The van der Waals surface area contributed by atoms with Crippen LogP contribution < -0.4 is 5.32 Å². The van der Waals surface area contributed by atoms with Crippen molar-refractivity contribution in [3.8, 4) is 0 Å². The van der Waals surface area contributed by atoms with Crippen molar-refractivity contribution in [3.63, 3.8) is 0 Å². The molecule has 0 saturated carbocycles. The predicted molar refractivity (Wildman–Crippen MR) is 80.3 cm³/mol. The number of halogens is 3. The first-order chi connectivity index (χ1) is 9.88. The van der Waals surface area contributed by atoms with E-state index in [1.165, 1.54) is 12.1 Å². The molecule has 1 aromatic rings. The average Bonchev–Trinajstić information content (AvgIpc) is 2.44. The van der Waals surface area contributed by atoms with Gasteiger partial charge in [-0.2, -0.15) is 13.2 Å². The molecule has 0 aromatic heterocycles. The Morgan fingerprint density at radius 3 is 2.52 bits per heavy atom. The fourth-order valence-corrected chi connectivity index (χ4v) is 2.30. The molecule has 0 aliphatic carbocycles. The van der Waals surface area contributed by atoms with E-state index in [9.17, 15) is 13.2 Å². The third-order valence-corrected chi connectivity index (χ3v) is 3.45. The summed E-state index contributed by atoms with van der Waals surface area (Å²) in [6.07, 6.45) is -2.08. The van der Waals surface area contributed by atoms with Gasteiger partial charge in [0.25, 0.3) is 0 Å². The minimum atomic E-state index is -4.29. The number of hydrogen-bond acceptors (Lipinski definition) is 2. The van der Waals surface area contributed by atoms with Gasteiger partial charge < -0.3 is 10.2 Å². The summed E-state index contributed by atoms with van der Waals surface area (Å²) >= 11 is 0. The van der Waals surface area contributed by atoms with Crippen LogP contribution in [0.3, 0.4) is 0 Å². The second kappa shape index (κ2) is 8.39. The lowest BCUT2D eigenvalue weighted by Gasteiger charge is -2.25. The topological polar surface area (TPSA) is 15.3 Å². The SMILES string of the molecule is CCCCN(C)CC(NCC)c1cccc(C(F)(F)F)c1. The van der Waals surface area contributed by atoms with Crippen LogP contribution in [0.25, 0.3) is 0 Å². The summed E-state index contributed by atoms with van der Waals surface area (Å²) in [6, 6.07) is 5.53. The maximum absolute atomic E-state index is 12.8. The summed E-state index contributed by atoms with van der Waals surface area (Å²) < 4.78 is 38.4. The highest BCUT2D eigenvalue weighted by Crippen LogP contribution is 2.30. The average molecular weight is 302 g/mol. The Balaban J connectivity index is 2.85. The van der Waals surface area contributed by atoms with Crippen molar-refractivity contribution in [3.05, 3.63) is 35.4 Å². The van der Waals surface area contributed by atoms with Crippen LogP contribution in [0.15, 0.2) is 24.3 Å². The largest absolute Gasteiger partial charge is 0.416 e. The van der Waals surface area contributed by atoms with Crippen molar-refractivity contribution in [2.45, 2.75) is 38.9 Å². The lowest BCUT2D eigenvalue weighted by atomic mass is 10.0. The zero-order chi connectivity index (χ0) is 15.9. The van der Waals surface area contributed by atoms with Gasteiger partial charge in [0.2, 0.25) is 0 Å². The summed E-state index contributed by atoms with van der Waals surface area (Å²) in [4.78, 5) is 2.16. The monoisotopic (exact) mass is 302 g/mol. The Morgan fingerprint density at radius 1 is 1.24 bits per heavy atom. The molecule has 0 aliphatic rings. The second-order valence-electron chi connectivity index (χ2n) is 5.35. The van der Waals surface area contributed by atoms with E-state index in [4.69, 9.17) is 0 Å². The Bertz CT molecular complexity index is 418. The fraction of sp³-hybridized carbons (Fsp3) is 0.625. The van der Waals surface area contributed by atoms with E-state index >= 15 is 0 Å². The summed E-state index contributed by atoms with van der Waals surface area (Å²) in [6.45, 7) is 6.48. The molecule has 1 aromatic carbocycles. The predicted octanol–water partition coefficient (Wildman–Crippen LogP) is 4.09. The Hall–Kier alpha value is -1.07. The molecule has 0 amide bonds. The van der Waals surface area contributed by atoms with Gasteiger partial charge in [-0.1, -0.05) is 32.4 Å². The van der Waals surface area contributed by atoms with E-state index in [-0.39, 0.29) is 6.04 Å². The quantitative estimate of drug-likeness (QED) is 0.778. The fourth-order valence-electron chi connectivity index (χ4n) is 2.30. The highest BCUT2D eigenvalue weighted by molar-refractivity contribution is 5.28. The van der Waals surface area contributed by atoms with Crippen LogP contribution in [0.1, 0.15) is 43.9 Å². The van der Waals surface area contributed by atoms with E-state index in [0.29, 0.717) is 12.1 Å². The van der Waals surface area contributed by atoms with Gasteiger partial charge in [-0.3, -0.25) is 0 Å². The van der Waals surface area contributed by atoms with Crippen molar-refractivity contribution >= 4 is 0 Å². The Morgan fingerprint density at radius 2 is 1.95 bits per heavy atom. The second-order valence-corrected chi connectivity index (χ2v) is 5.35. The number of alkyl halides is 3. The highest BCUT2D eigenvalue weighted by Gasteiger charge is 2.31. The molecular weight excluding hydrogens is 277 g/mol. The van der Waals surface area contributed by atoms with Gasteiger partial charge in [-0.15, -0.1) is 0 Å². The van der Waals surface area contributed by atoms with E-state index < -0.39 is 11.7 Å². The summed E-state index contributed by atoms with van der Waals surface area (Å²) in [5.74, 6) is 0. The zero-order valence-corrected chi connectivity index (χ0v) is 13.0. The van der Waals surface area contributed by atoms with Gasteiger partial charge in [0, 0.05) is 12.6 Å². The molecular formula is C16H25F3N2. The lowest BCUT2D eigenvalue weighted by Crippen LogP contribution is -2.33. The Labute approximate surface area is 125 Å². The molecule has 0 heterocycles. The number of likely N-dealkylation sites (N-methyl/N-ethyl adjacent to an activating group) is 2. The Kier molecular flexibility index (Phi) is 7.18. The molecule has 21 heavy (non-hydrogen) atoms. The molecule has 0 spiro atoms. The summed E-state index contributed by atoms with van der Waals surface area (Å²) in [7, 11) is 2.01. The van der Waals surface area contributed by atoms with Crippen LogP contribution in [0.2, 0.25) is 0 Å². The van der Waals surface area contributed by atoms with Crippen LogP contribution >= 0.6 is 0 Å². The molecule has 0 radical (unpaired) electrons. The van der Waals surface area contributed by atoms with Crippen molar-refractivity contribution in [1.82, 2.24) is 10.2 Å². The lowest BCUT2D eigenvalue weighted by molar-refractivity contribution is -0.137. The number of nitrogens with zero attached hydrogens (tertiary/aromatic N) is 1. The van der Waals surface area contributed by atoms with Crippen LogP contribution in [0.5, 0.6) is 0 Å². The smallest absolute Gasteiger partial charge is 0.309 e. The molecule has 0 fully saturated rings. The van der Waals surface area contributed by atoms with E-state index in [0.717, 1.165) is 32.0 Å². The molecule has 1 unspecified atom stereocenters. The molecule has 120 valence electrons. The normalized spacial score (nSPS) is 13.7. The zero-order valence-electron chi connectivity index (χ0n) is 13.0. The minimum absolute atomic E-state index is 0.0841. The summed E-state index contributed by atoms with van der Waals surface area (Å²) in [5, 5.41) is 3.28. The van der Waals surface area contributed by atoms with Crippen molar-refractivity contribution in [2.75, 3.05) is 26.7 Å². The number of rotatable bonds is 8. The maximum atomic E-state index is 12.8. The molecule has 0 aliphatic heterocycles. The molecule has 0 saturated heterocycles. The van der Waals surface area contributed by atoms with Gasteiger partial charge in [-0.25, -0.2) is 0 Å². The number of benzene rings is 1. The van der Waals surface area contributed by atoms with Crippen molar-refractivity contribution < 1.29 is 13.2 Å². The van der Waals surface area contributed by atoms with Crippen LogP contribution in [-0.2, 0) is 6.18 Å². The summed E-state index contributed by atoms with van der Waals surface area (Å²) in [5.41, 5.74) is 0.106. The molecule has 2 nitrogen and oxygen atoms in total. The minimum Gasteiger partial charge on any atom is -0.309 e. The molecule has 1 rings (SSSR count). The first-order valence-electron chi connectivity index (χ1n) is 7.47. The molecule has 1 atom stereocenters. The molecule has 5 heteroatoms. The highest BCUT2D eigenvalue weighted by atomic mass is 19.4. The van der Waals surface area contributed by atoms with Gasteiger partial charge >= 0.3 is 6.18 Å². The van der Waals surface area contributed by atoms with Gasteiger partial charge in [0.15, 0.2) is 0 Å². The van der Waals surface area contributed by atoms with Crippen LogP contribution in [0.4, 0.5) is 13.2 Å². The molecule has 0 bridgehead atoms. The standard InChI is InChI=1S/C16H25F3N2/c1-4-6-10-21(3)12-15(20-5-2)13-8-7-9-14(11-13)16(17,18)19/h7-9,11,15,20H,4-6,10,12H2,1-3H3. The van der Waals surface area contributed by atoms with E-state index in [1.807, 2.05) is 14.0 Å². The number of hydrogen-bond donors (Lipinski definition) is 1. The van der Waals surface area contributed by atoms with Crippen molar-refractivity contribution in [1.29, 1.82) is 0 Å². The first-order valence-corrected chi connectivity index (χ1v) is 7.47. The van der Waals surface area contributed by atoms with E-state index in [1.54, 1.807) is 6.07 Å². The number of unbranched alkanes of at least 4 members (excludes halogenated alkanes) is 1. The third kappa shape index (κ3) is 6.06. The number of nitrogens with one attached hydrogen (secondary N) is 1.